The number of hydrogen-bond donors (Lipinski definition) is 1. The second-order valence-electron chi connectivity index (χ2n) is 5.64. The summed E-state index contributed by atoms with van der Waals surface area (Å²) in [5, 5.41) is 3.44. The van der Waals surface area contributed by atoms with Gasteiger partial charge >= 0.3 is 0 Å². The number of hydrogen-bond acceptors (Lipinski definition) is 2. The van der Waals surface area contributed by atoms with E-state index >= 15 is 0 Å². The van der Waals surface area contributed by atoms with E-state index < -0.39 is 0 Å². The minimum Gasteiger partial charge on any atom is -0.328 e. The Bertz CT molecular complexity index is 565. The van der Waals surface area contributed by atoms with E-state index in [-0.39, 0.29) is 0 Å². The molecule has 19 heavy (non-hydrogen) atoms. The van der Waals surface area contributed by atoms with Crippen molar-refractivity contribution >= 4 is 11.0 Å². The minimum absolute atomic E-state index is 0.625. The number of nitrogens with one attached hydrogen (secondary N) is 1. The summed E-state index contributed by atoms with van der Waals surface area (Å²) in [6, 6.07) is 6.65. The number of aryl methyl sites for hydroxylation is 2. The first-order chi connectivity index (χ1) is 9.29. The Balaban J connectivity index is 2.08. The molecule has 1 aromatic heterocycles. The van der Waals surface area contributed by atoms with E-state index in [1.165, 1.54) is 35.3 Å². The fourth-order valence-electron chi connectivity index (χ4n) is 3.11. The lowest BCUT2D eigenvalue weighted by molar-refractivity contribution is 0.431. The normalized spacial score (nSPS) is 17.2. The molecule has 0 saturated carbocycles. The summed E-state index contributed by atoms with van der Waals surface area (Å²) in [6.07, 6.45) is 3.59. The topological polar surface area (TPSA) is 29.9 Å². The zero-order chi connectivity index (χ0) is 13.2. The summed E-state index contributed by atoms with van der Waals surface area (Å²) in [4.78, 5) is 4.95. The summed E-state index contributed by atoms with van der Waals surface area (Å²) < 4.78 is 2.45. The first kappa shape index (κ1) is 12.7. The van der Waals surface area contributed by atoms with Crippen LogP contribution in [0.2, 0.25) is 0 Å². The van der Waals surface area contributed by atoms with Crippen LogP contribution in [0.3, 0.4) is 0 Å². The molecule has 0 amide bonds. The molecule has 0 spiro atoms. The predicted octanol–water partition coefficient (Wildman–Crippen LogP) is 3.22. The Morgan fingerprint density at radius 1 is 1.32 bits per heavy atom. The van der Waals surface area contributed by atoms with Crippen LogP contribution < -0.4 is 5.32 Å². The summed E-state index contributed by atoms with van der Waals surface area (Å²) in [7, 11) is 0. The lowest BCUT2D eigenvalue weighted by Crippen LogP contribution is -2.28. The fraction of sp³-hybridized carbons (Fsp3) is 0.562. The van der Waals surface area contributed by atoms with Gasteiger partial charge in [0.05, 0.1) is 11.0 Å². The van der Waals surface area contributed by atoms with Crippen molar-refractivity contribution in [2.75, 3.05) is 13.1 Å². The van der Waals surface area contributed by atoms with Crippen molar-refractivity contribution in [3.05, 3.63) is 29.6 Å². The Morgan fingerprint density at radius 2 is 2.11 bits per heavy atom. The van der Waals surface area contributed by atoms with Crippen LogP contribution in [0.25, 0.3) is 11.0 Å². The van der Waals surface area contributed by atoms with Crippen molar-refractivity contribution in [3.8, 4) is 0 Å². The molecule has 0 radical (unpaired) electrons. The second-order valence-corrected chi connectivity index (χ2v) is 5.64. The monoisotopic (exact) mass is 257 g/mol. The predicted molar refractivity (Wildman–Crippen MR) is 79.6 cm³/mol. The molecular formula is C16H23N3. The molecule has 1 fully saturated rings. The summed E-state index contributed by atoms with van der Waals surface area (Å²) in [5.41, 5.74) is 3.77. The molecule has 0 unspecified atom stereocenters. The maximum atomic E-state index is 4.95. The first-order valence-corrected chi connectivity index (χ1v) is 7.47. The zero-order valence-electron chi connectivity index (χ0n) is 11.9. The second kappa shape index (κ2) is 5.33. The number of aromatic nitrogens is 2. The molecule has 0 aliphatic carbocycles. The molecule has 102 valence electrons. The van der Waals surface area contributed by atoms with Crippen LogP contribution in [0.1, 0.15) is 43.5 Å². The molecule has 0 atom stereocenters. The third kappa shape index (κ3) is 2.39. The van der Waals surface area contributed by atoms with E-state index in [1.807, 2.05) is 0 Å². The highest BCUT2D eigenvalue weighted by atomic mass is 15.1. The first-order valence-electron chi connectivity index (χ1n) is 7.47. The van der Waals surface area contributed by atoms with Crippen LogP contribution in [-0.4, -0.2) is 22.6 Å². The van der Waals surface area contributed by atoms with Gasteiger partial charge in [-0.1, -0.05) is 13.0 Å². The molecule has 3 rings (SSSR count). The number of piperidine rings is 1. The van der Waals surface area contributed by atoms with Crippen molar-refractivity contribution in [1.29, 1.82) is 0 Å². The third-order valence-corrected chi connectivity index (χ3v) is 4.08. The molecule has 1 N–H and O–H groups in total. The number of rotatable bonds is 3. The smallest absolute Gasteiger partial charge is 0.113 e. The number of imidazole rings is 1. The lowest BCUT2D eigenvalue weighted by atomic mass is 9.97. The minimum atomic E-state index is 0.625. The highest BCUT2D eigenvalue weighted by Crippen LogP contribution is 2.28. The average molecular weight is 257 g/mol. The Hall–Kier alpha value is -1.35. The zero-order valence-corrected chi connectivity index (χ0v) is 11.9. The van der Waals surface area contributed by atoms with Gasteiger partial charge in [-0.2, -0.15) is 0 Å². The van der Waals surface area contributed by atoms with Crippen LogP contribution in [0.5, 0.6) is 0 Å². The maximum absolute atomic E-state index is 4.95. The van der Waals surface area contributed by atoms with Gasteiger partial charge in [0, 0.05) is 12.5 Å². The average Bonchev–Trinajstić information content (AvgIpc) is 2.78. The van der Waals surface area contributed by atoms with Gasteiger partial charge in [0.25, 0.3) is 0 Å². The Kier molecular flexibility index (Phi) is 3.56. The van der Waals surface area contributed by atoms with Crippen molar-refractivity contribution in [2.24, 2.45) is 0 Å². The standard InChI is InChI=1S/C16H23N3/c1-3-10-19-15-5-4-12(2)11-14(15)18-16(19)13-6-8-17-9-7-13/h4-5,11,13,17H,3,6-10H2,1-2H3. The van der Waals surface area contributed by atoms with Crippen molar-refractivity contribution in [2.45, 2.75) is 45.6 Å². The van der Waals surface area contributed by atoms with E-state index in [4.69, 9.17) is 4.98 Å². The maximum Gasteiger partial charge on any atom is 0.113 e. The van der Waals surface area contributed by atoms with Crippen LogP contribution in [0.15, 0.2) is 18.2 Å². The van der Waals surface area contributed by atoms with Crippen LogP contribution in [-0.2, 0) is 6.54 Å². The molecule has 1 saturated heterocycles. The van der Waals surface area contributed by atoms with Crippen LogP contribution in [0, 0.1) is 6.92 Å². The van der Waals surface area contributed by atoms with Crippen molar-refractivity contribution in [3.63, 3.8) is 0 Å². The largest absolute Gasteiger partial charge is 0.328 e. The van der Waals surface area contributed by atoms with E-state index in [2.05, 4.69) is 41.9 Å². The van der Waals surface area contributed by atoms with Gasteiger partial charge < -0.3 is 9.88 Å². The molecule has 2 heterocycles. The Morgan fingerprint density at radius 3 is 2.84 bits per heavy atom. The van der Waals surface area contributed by atoms with Gasteiger partial charge in [0.2, 0.25) is 0 Å². The van der Waals surface area contributed by atoms with Crippen molar-refractivity contribution in [1.82, 2.24) is 14.9 Å². The van der Waals surface area contributed by atoms with Gasteiger partial charge in [0.15, 0.2) is 0 Å². The van der Waals surface area contributed by atoms with Gasteiger partial charge in [0.1, 0.15) is 5.82 Å². The van der Waals surface area contributed by atoms with Gasteiger partial charge in [-0.15, -0.1) is 0 Å². The third-order valence-electron chi connectivity index (χ3n) is 4.08. The van der Waals surface area contributed by atoms with E-state index in [1.54, 1.807) is 0 Å². The molecular weight excluding hydrogens is 234 g/mol. The lowest BCUT2D eigenvalue weighted by Gasteiger charge is -2.23. The van der Waals surface area contributed by atoms with Gasteiger partial charge in [-0.05, 0) is 57.0 Å². The van der Waals surface area contributed by atoms with Crippen molar-refractivity contribution < 1.29 is 0 Å². The number of fused-ring (bicyclic) bond motifs is 1. The fourth-order valence-corrected chi connectivity index (χ4v) is 3.11. The van der Waals surface area contributed by atoms with Crippen LogP contribution >= 0.6 is 0 Å². The molecule has 1 aliphatic rings. The number of nitrogens with zero attached hydrogens (tertiary/aromatic N) is 2. The Labute approximate surface area is 115 Å². The molecule has 1 aromatic carbocycles. The summed E-state index contributed by atoms with van der Waals surface area (Å²) in [5.74, 6) is 1.93. The van der Waals surface area contributed by atoms with E-state index in [0.29, 0.717) is 5.92 Å². The molecule has 3 heteroatoms. The highest BCUT2D eigenvalue weighted by molar-refractivity contribution is 5.77. The van der Waals surface area contributed by atoms with E-state index in [0.717, 1.165) is 26.1 Å². The van der Waals surface area contributed by atoms with E-state index in [9.17, 15) is 0 Å². The summed E-state index contributed by atoms with van der Waals surface area (Å²) in [6.45, 7) is 7.71. The summed E-state index contributed by atoms with van der Waals surface area (Å²) >= 11 is 0. The SMILES string of the molecule is CCCn1c(C2CCNCC2)nc2cc(C)ccc21. The van der Waals surface area contributed by atoms with Gasteiger partial charge in [-0.3, -0.25) is 0 Å². The van der Waals surface area contributed by atoms with Gasteiger partial charge in [-0.25, -0.2) is 4.98 Å². The molecule has 3 nitrogen and oxygen atoms in total. The number of benzene rings is 1. The van der Waals surface area contributed by atoms with Crippen LogP contribution in [0.4, 0.5) is 0 Å². The molecule has 0 bridgehead atoms. The highest BCUT2D eigenvalue weighted by Gasteiger charge is 2.21. The molecule has 2 aromatic rings. The quantitative estimate of drug-likeness (QED) is 0.915. The molecule has 1 aliphatic heterocycles.